The molecule has 0 atom stereocenters. The van der Waals surface area contributed by atoms with Crippen molar-refractivity contribution in [1.82, 2.24) is 4.98 Å². The standard InChI is InChI=1S/C14H14N2OS/c1-3-9-10-6-4-5-7-12(10)17-13(9)11-8-18-14(15-2)16-11/h4-8H,3H2,1-2H3,(H,15,16). The molecule has 92 valence electrons. The summed E-state index contributed by atoms with van der Waals surface area (Å²) in [5, 5.41) is 7.18. The Hall–Kier alpha value is -1.81. The zero-order valence-electron chi connectivity index (χ0n) is 10.4. The topological polar surface area (TPSA) is 38.1 Å². The Bertz CT molecular complexity index is 684. The van der Waals surface area contributed by atoms with E-state index in [4.69, 9.17) is 4.42 Å². The van der Waals surface area contributed by atoms with Gasteiger partial charge in [0.25, 0.3) is 0 Å². The third-order valence-corrected chi connectivity index (χ3v) is 3.86. The number of fused-ring (bicyclic) bond motifs is 1. The van der Waals surface area contributed by atoms with Crippen molar-refractivity contribution in [2.45, 2.75) is 13.3 Å². The molecule has 0 amide bonds. The van der Waals surface area contributed by atoms with E-state index in [0.29, 0.717) is 0 Å². The number of para-hydroxylation sites is 1. The molecule has 0 fully saturated rings. The molecule has 0 bridgehead atoms. The van der Waals surface area contributed by atoms with Crippen molar-refractivity contribution in [1.29, 1.82) is 0 Å². The molecule has 0 unspecified atom stereocenters. The Labute approximate surface area is 109 Å². The molecule has 0 saturated heterocycles. The fourth-order valence-electron chi connectivity index (χ4n) is 2.15. The zero-order chi connectivity index (χ0) is 12.5. The molecule has 2 heterocycles. The maximum atomic E-state index is 5.95. The molecule has 0 radical (unpaired) electrons. The van der Waals surface area contributed by atoms with E-state index in [2.05, 4.69) is 23.3 Å². The highest BCUT2D eigenvalue weighted by atomic mass is 32.1. The second-order valence-corrected chi connectivity index (χ2v) is 4.91. The van der Waals surface area contributed by atoms with Gasteiger partial charge in [0.1, 0.15) is 11.3 Å². The van der Waals surface area contributed by atoms with Crippen LogP contribution in [0.25, 0.3) is 22.4 Å². The molecule has 1 N–H and O–H groups in total. The molecule has 0 saturated carbocycles. The lowest BCUT2D eigenvalue weighted by Gasteiger charge is -1.96. The van der Waals surface area contributed by atoms with E-state index in [0.717, 1.165) is 28.6 Å². The van der Waals surface area contributed by atoms with Crippen molar-refractivity contribution in [2.75, 3.05) is 12.4 Å². The van der Waals surface area contributed by atoms with Crippen LogP contribution in [0.2, 0.25) is 0 Å². The van der Waals surface area contributed by atoms with Crippen LogP contribution in [-0.4, -0.2) is 12.0 Å². The largest absolute Gasteiger partial charge is 0.454 e. The van der Waals surface area contributed by atoms with E-state index < -0.39 is 0 Å². The fraction of sp³-hybridized carbons (Fsp3) is 0.214. The molecular weight excluding hydrogens is 244 g/mol. The Morgan fingerprint density at radius 3 is 2.89 bits per heavy atom. The van der Waals surface area contributed by atoms with Gasteiger partial charge in [0.05, 0.1) is 0 Å². The average molecular weight is 258 g/mol. The first-order chi connectivity index (χ1) is 8.83. The lowest BCUT2D eigenvalue weighted by atomic mass is 10.1. The van der Waals surface area contributed by atoms with E-state index in [1.807, 2.05) is 30.6 Å². The number of nitrogens with one attached hydrogen (secondary N) is 1. The minimum absolute atomic E-state index is 0.899. The summed E-state index contributed by atoms with van der Waals surface area (Å²) in [7, 11) is 1.88. The van der Waals surface area contributed by atoms with Crippen LogP contribution in [0.5, 0.6) is 0 Å². The zero-order valence-corrected chi connectivity index (χ0v) is 11.2. The van der Waals surface area contributed by atoms with Crippen LogP contribution < -0.4 is 5.32 Å². The lowest BCUT2D eigenvalue weighted by molar-refractivity contribution is 0.625. The van der Waals surface area contributed by atoms with Crippen LogP contribution in [0.4, 0.5) is 5.13 Å². The molecule has 0 aliphatic heterocycles. The van der Waals surface area contributed by atoms with Gasteiger partial charge in [-0.1, -0.05) is 25.1 Å². The van der Waals surface area contributed by atoms with Crippen molar-refractivity contribution in [3.63, 3.8) is 0 Å². The number of aromatic nitrogens is 1. The van der Waals surface area contributed by atoms with Crippen molar-refractivity contribution in [2.24, 2.45) is 0 Å². The summed E-state index contributed by atoms with van der Waals surface area (Å²) >= 11 is 1.59. The van der Waals surface area contributed by atoms with Crippen LogP contribution in [0, 0.1) is 0 Å². The van der Waals surface area contributed by atoms with Crippen LogP contribution in [0.1, 0.15) is 12.5 Å². The van der Waals surface area contributed by atoms with Crippen LogP contribution in [0.3, 0.4) is 0 Å². The van der Waals surface area contributed by atoms with Crippen LogP contribution in [0.15, 0.2) is 34.1 Å². The second-order valence-electron chi connectivity index (χ2n) is 4.05. The normalized spacial score (nSPS) is 11.0. The molecule has 0 aliphatic carbocycles. The number of hydrogen-bond donors (Lipinski definition) is 1. The highest BCUT2D eigenvalue weighted by Crippen LogP contribution is 2.35. The molecule has 3 nitrogen and oxygen atoms in total. The molecule has 3 aromatic rings. The first kappa shape index (κ1) is 11.3. The van der Waals surface area contributed by atoms with Crippen molar-refractivity contribution < 1.29 is 4.42 Å². The predicted octanol–water partition coefficient (Wildman–Crippen LogP) is 4.16. The summed E-state index contributed by atoms with van der Waals surface area (Å²) in [4.78, 5) is 4.52. The molecule has 18 heavy (non-hydrogen) atoms. The summed E-state index contributed by atoms with van der Waals surface area (Å²) in [5.41, 5.74) is 3.08. The Kier molecular flexibility index (Phi) is 2.80. The van der Waals surface area contributed by atoms with E-state index in [-0.39, 0.29) is 0 Å². The number of anilines is 1. The Morgan fingerprint density at radius 1 is 1.33 bits per heavy atom. The molecule has 0 aliphatic rings. The van der Waals surface area contributed by atoms with Crippen LogP contribution >= 0.6 is 11.3 Å². The monoisotopic (exact) mass is 258 g/mol. The number of nitrogens with zero attached hydrogens (tertiary/aromatic N) is 1. The molecule has 1 aromatic carbocycles. The average Bonchev–Trinajstić information content (AvgIpc) is 3.02. The van der Waals surface area contributed by atoms with E-state index >= 15 is 0 Å². The molecule has 2 aromatic heterocycles. The summed E-state index contributed by atoms with van der Waals surface area (Å²) in [6.45, 7) is 2.14. The van der Waals surface area contributed by atoms with Gasteiger partial charge in [-0.15, -0.1) is 11.3 Å². The third kappa shape index (κ3) is 1.69. The van der Waals surface area contributed by atoms with Gasteiger partial charge in [0, 0.05) is 23.4 Å². The number of rotatable bonds is 3. The van der Waals surface area contributed by atoms with Crippen LogP contribution in [-0.2, 0) is 6.42 Å². The van der Waals surface area contributed by atoms with E-state index in [1.54, 1.807) is 11.3 Å². The smallest absolute Gasteiger partial charge is 0.183 e. The molecular formula is C14H14N2OS. The SMILES string of the molecule is CCc1c(-c2csc(NC)n2)oc2ccccc12. The van der Waals surface area contributed by atoms with Gasteiger partial charge in [0.2, 0.25) is 0 Å². The summed E-state index contributed by atoms with van der Waals surface area (Å²) in [5.74, 6) is 0.899. The van der Waals surface area contributed by atoms with E-state index in [1.165, 1.54) is 10.9 Å². The number of furan rings is 1. The summed E-state index contributed by atoms with van der Waals surface area (Å²) in [6, 6.07) is 8.14. The van der Waals surface area contributed by atoms with Crippen molar-refractivity contribution in [3.05, 3.63) is 35.2 Å². The maximum absolute atomic E-state index is 5.95. The van der Waals surface area contributed by atoms with Gasteiger partial charge >= 0.3 is 0 Å². The quantitative estimate of drug-likeness (QED) is 0.766. The Balaban J connectivity index is 2.21. The Morgan fingerprint density at radius 2 is 2.17 bits per heavy atom. The highest BCUT2D eigenvalue weighted by Gasteiger charge is 2.16. The maximum Gasteiger partial charge on any atom is 0.183 e. The van der Waals surface area contributed by atoms with Gasteiger partial charge < -0.3 is 9.73 Å². The summed E-state index contributed by atoms with van der Waals surface area (Å²) < 4.78 is 5.95. The second kappa shape index (κ2) is 4.46. The number of hydrogen-bond acceptors (Lipinski definition) is 4. The van der Waals surface area contributed by atoms with Crippen molar-refractivity contribution >= 4 is 27.4 Å². The summed E-state index contributed by atoms with van der Waals surface area (Å²) in [6.07, 6.45) is 0.943. The third-order valence-electron chi connectivity index (χ3n) is 3.00. The van der Waals surface area contributed by atoms with Gasteiger partial charge in [-0.05, 0) is 12.5 Å². The first-order valence-electron chi connectivity index (χ1n) is 5.97. The first-order valence-corrected chi connectivity index (χ1v) is 6.85. The number of aryl methyl sites for hydroxylation is 1. The van der Waals surface area contributed by atoms with E-state index in [9.17, 15) is 0 Å². The molecule has 4 heteroatoms. The molecule has 3 rings (SSSR count). The number of thiazole rings is 1. The molecule has 0 spiro atoms. The fourth-order valence-corrected chi connectivity index (χ4v) is 2.80. The van der Waals surface area contributed by atoms with Gasteiger partial charge in [-0.25, -0.2) is 4.98 Å². The predicted molar refractivity (Wildman–Crippen MR) is 76.2 cm³/mol. The highest BCUT2D eigenvalue weighted by molar-refractivity contribution is 7.14. The van der Waals surface area contributed by atoms with Crippen molar-refractivity contribution in [3.8, 4) is 11.5 Å². The lowest BCUT2D eigenvalue weighted by Crippen LogP contribution is -1.87. The minimum atomic E-state index is 0.899. The number of benzene rings is 1. The van der Waals surface area contributed by atoms with Gasteiger partial charge in [-0.3, -0.25) is 0 Å². The van der Waals surface area contributed by atoms with Gasteiger partial charge in [-0.2, -0.15) is 0 Å². The minimum Gasteiger partial charge on any atom is -0.454 e. The van der Waals surface area contributed by atoms with Gasteiger partial charge in [0.15, 0.2) is 10.9 Å².